The molecule has 3 rings (SSSR count). The van der Waals surface area contributed by atoms with E-state index in [-0.39, 0.29) is 17.9 Å². The maximum Gasteiger partial charge on any atom is 0.264 e. The van der Waals surface area contributed by atoms with Crippen LogP contribution in [0.15, 0.2) is 42.5 Å². The Morgan fingerprint density at radius 3 is 2.61 bits per heavy atom. The topological polar surface area (TPSA) is 58.6 Å². The number of fused-ring (bicyclic) bond motifs is 1. The highest BCUT2D eigenvalue weighted by molar-refractivity contribution is 6.30. The summed E-state index contributed by atoms with van der Waals surface area (Å²) in [4.78, 5) is 27.2. The normalized spacial score (nSPS) is 17.4. The number of ether oxygens (including phenoxy) is 1. The first-order valence-corrected chi connectivity index (χ1v) is 9.97. The van der Waals surface area contributed by atoms with E-state index in [0.717, 1.165) is 12.0 Å². The lowest BCUT2D eigenvalue weighted by molar-refractivity contribution is -0.140. The van der Waals surface area contributed by atoms with Crippen molar-refractivity contribution in [3.63, 3.8) is 0 Å². The Balaban J connectivity index is 1.86. The molecule has 0 aromatic heterocycles. The van der Waals surface area contributed by atoms with Crippen LogP contribution in [0.25, 0.3) is 0 Å². The Hall–Kier alpha value is -2.53. The quantitative estimate of drug-likeness (QED) is 0.777. The summed E-state index contributed by atoms with van der Waals surface area (Å²) in [6.45, 7) is 6.52. The Labute approximate surface area is 170 Å². The van der Waals surface area contributed by atoms with Crippen LogP contribution in [0.3, 0.4) is 0 Å². The number of nitrogens with one attached hydrogen (secondary N) is 1. The average Bonchev–Trinajstić information content (AvgIpc) is 2.84. The van der Waals surface area contributed by atoms with Crippen molar-refractivity contribution in [2.45, 2.75) is 52.3 Å². The van der Waals surface area contributed by atoms with Gasteiger partial charge in [0.1, 0.15) is 5.75 Å². The predicted octanol–water partition coefficient (Wildman–Crippen LogP) is 4.89. The molecule has 2 aromatic carbocycles. The minimum absolute atomic E-state index is 0.0137. The van der Waals surface area contributed by atoms with E-state index in [1.54, 1.807) is 30.3 Å². The third-order valence-electron chi connectivity index (χ3n) is 5.09. The largest absolute Gasteiger partial charge is 0.480 e. The molecule has 2 amide bonds. The van der Waals surface area contributed by atoms with E-state index in [9.17, 15) is 9.59 Å². The van der Waals surface area contributed by atoms with Crippen molar-refractivity contribution >= 4 is 29.1 Å². The zero-order valence-corrected chi connectivity index (χ0v) is 17.1. The van der Waals surface area contributed by atoms with Gasteiger partial charge in [0.25, 0.3) is 11.8 Å². The molecule has 28 heavy (non-hydrogen) atoms. The summed E-state index contributed by atoms with van der Waals surface area (Å²) in [7, 11) is 0. The van der Waals surface area contributed by atoms with E-state index in [2.05, 4.69) is 12.2 Å². The van der Waals surface area contributed by atoms with E-state index in [4.69, 9.17) is 16.3 Å². The van der Waals surface area contributed by atoms with Crippen molar-refractivity contribution in [1.82, 2.24) is 4.90 Å². The average molecular weight is 401 g/mol. The van der Waals surface area contributed by atoms with Gasteiger partial charge in [0.2, 0.25) is 0 Å². The lowest BCUT2D eigenvalue weighted by Gasteiger charge is -2.28. The molecule has 0 bridgehead atoms. The van der Waals surface area contributed by atoms with E-state index < -0.39 is 6.10 Å². The van der Waals surface area contributed by atoms with Crippen molar-refractivity contribution in [2.75, 3.05) is 5.32 Å². The van der Waals surface area contributed by atoms with Gasteiger partial charge in [-0.05, 0) is 62.2 Å². The van der Waals surface area contributed by atoms with Crippen LogP contribution in [0.1, 0.15) is 49.5 Å². The molecule has 1 N–H and O–H groups in total. The Morgan fingerprint density at radius 1 is 1.25 bits per heavy atom. The number of hydrogen-bond donors (Lipinski definition) is 1. The van der Waals surface area contributed by atoms with Crippen LogP contribution < -0.4 is 10.1 Å². The molecular weight excluding hydrogens is 376 g/mol. The van der Waals surface area contributed by atoms with Crippen molar-refractivity contribution in [3.8, 4) is 5.75 Å². The second-order valence-electron chi connectivity index (χ2n) is 7.02. The lowest BCUT2D eigenvalue weighted by atomic mass is 10.1. The minimum atomic E-state index is -0.482. The number of carbonyl (C=O) groups excluding carboxylic acids is 2. The first-order valence-electron chi connectivity index (χ1n) is 9.59. The molecule has 6 heteroatoms. The predicted molar refractivity (Wildman–Crippen MR) is 111 cm³/mol. The number of nitrogens with zero attached hydrogens (tertiary/aromatic N) is 1. The Bertz CT molecular complexity index is 867. The van der Waals surface area contributed by atoms with Gasteiger partial charge in [0.15, 0.2) is 6.10 Å². The molecule has 5 nitrogen and oxygen atoms in total. The molecule has 0 aliphatic carbocycles. The highest BCUT2D eigenvalue weighted by Gasteiger charge is 2.32. The Kier molecular flexibility index (Phi) is 6.25. The molecule has 1 heterocycles. The van der Waals surface area contributed by atoms with Crippen molar-refractivity contribution in [2.24, 2.45) is 0 Å². The standard InChI is InChI=1S/C22H25ClN2O3/c1-4-14(3)25-13-16-12-18(10-11-20(16)28-19(5-2)22(25)27)24-21(26)15-6-8-17(23)9-7-15/h6-12,14,19H,4-5,13H2,1-3H3,(H,24,26)/t14-,19+/m0/s1. The second kappa shape index (κ2) is 8.65. The molecule has 1 aliphatic heterocycles. The molecule has 148 valence electrons. The van der Waals surface area contributed by atoms with Gasteiger partial charge in [-0.15, -0.1) is 0 Å². The first-order chi connectivity index (χ1) is 13.4. The maximum atomic E-state index is 12.8. The van der Waals surface area contributed by atoms with Gasteiger partial charge in [0, 0.05) is 34.4 Å². The zero-order chi connectivity index (χ0) is 20.3. The molecule has 2 aromatic rings. The minimum Gasteiger partial charge on any atom is -0.480 e. The van der Waals surface area contributed by atoms with Crippen LogP contribution in [0.5, 0.6) is 5.75 Å². The van der Waals surface area contributed by atoms with E-state index in [1.165, 1.54) is 0 Å². The number of hydrogen-bond acceptors (Lipinski definition) is 3. The number of halogens is 1. The smallest absolute Gasteiger partial charge is 0.264 e. The fourth-order valence-electron chi connectivity index (χ4n) is 3.20. The van der Waals surface area contributed by atoms with Crippen molar-refractivity contribution in [1.29, 1.82) is 0 Å². The van der Waals surface area contributed by atoms with Gasteiger partial charge in [-0.3, -0.25) is 9.59 Å². The summed E-state index contributed by atoms with van der Waals surface area (Å²) < 4.78 is 5.98. The van der Waals surface area contributed by atoms with Crippen LogP contribution in [0.2, 0.25) is 5.02 Å². The highest BCUT2D eigenvalue weighted by atomic mass is 35.5. The van der Waals surface area contributed by atoms with Crippen molar-refractivity contribution < 1.29 is 14.3 Å². The van der Waals surface area contributed by atoms with Crippen molar-refractivity contribution in [3.05, 3.63) is 58.6 Å². The summed E-state index contributed by atoms with van der Waals surface area (Å²) >= 11 is 5.88. The molecule has 0 fully saturated rings. The Morgan fingerprint density at radius 2 is 1.96 bits per heavy atom. The number of amides is 2. The number of benzene rings is 2. The maximum absolute atomic E-state index is 12.8. The van der Waals surface area contributed by atoms with Gasteiger partial charge >= 0.3 is 0 Å². The third-order valence-corrected chi connectivity index (χ3v) is 5.34. The highest BCUT2D eigenvalue weighted by Crippen LogP contribution is 2.30. The van der Waals surface area contributed by atoms with E-state index in [1.807, 2.05) is 30.9 Å². The summed E-state index contributed by atoms with van der Waals surface area (Å²) in [6, 6.07) is 12.3. The number of carbonyl (C=O) groups is 2. The first kappa shape index (κ1) is 20.2. The molecule has 0 saturated heterocycles. The summed E-state index contributed by atoms with van der Waals surface area (Å²) in [5.74, 6) is 0.489. The summed E-state index contributed by atoms with van der Waals surface area (Å²) in [5, 5.41) is 3.48. The monoisotopic (exact) mass is 400 g/mol. The van der Waals surface area contributed by atoms with Crippen LogP contribution in [0, 0.1) is 0 Å². The van der Waals surface area contributed by atoms with E-state index in [0.29, 0.717) is 35.0 Å². The SMILES string of the molecule is CC[C@H]1Oc2ccc(NC(=O)c3ccc(Cl)cc3)cc2CN([C@@H](C)CC)C1=O. The van der Waals surface area contributed by atoms with Gasteiger partial charge in [-0.25, -0.2) is 0 Å². The second-order valence-corrected chi connectivity index (χ2v) is 7.46. The van der Waals surface area contributed by atoms with Crippen LogP contribution in [-0.2, 0) is 11.3 Å². The summed E-state index contributed by atoms with van der Waals surface area (Å²) in [6.07, 6.45) is 0.995. The molecule has 0 saturated carbocycles. The molecule has 0 radical (unpaired) electrons. The fourth-order valence-corrected chi connectivity index (χ4v) is 3.33. The van der Waals surface area contributed by atoms with Crippen LogP contribution in [-0.4, -0.2) is 28.9 Å². The van der Waals surface area contributed by atoms with Gasteiger partial charge in [0.05, 0.1) is 0 Å². The fraction of sp³-hybridized carbons (Fsp3) is 0.364. The summed E-state index contributed by atoms with van der Waals surface area (Å²) in [5.41, 5.74) is 2.07. The molecule has 2 atom stereocenters. The van der Waals surface area contributed by atoms with Gasteiger partial charge in [-0.1, -0.05) is 25.4 Å². The van der Waals surface area contributed by atoms with Gasteiger partial charge < -0.3 is 15.0 Å². The van der Waals surface area contributed by atoms with Crippen LogP contribution >= 0.6 is 11.6 Å². The van der Waals surface area contributed by atoms with Gasteiger partial charge in [-0.2, -0.15) is 0 Å². The number of anilines is 1. The molecule has 0 unspecified atom stereocenters. The third kappa shape index (κ3) is 4.30. The van der Waals surface area contributed by atoms with E-state index >= 15 is 0 Å². The molecular formula is C22H25ClN2O3. The lowest BCUT2D eigenvalue weighted by Crippen LogP contribution is -2.43. The van der Waals surface area contributed by atoms with Crippen LogP contribution in [0.4, 0.5) is 5.69 Å². The molecule has 0 spiro atoms. The molecule has 1 aliphatic rings. The zero-order valence-electron chi connectivity index (χ0n) is 16.4. The number of rotatable bonds is 5.